The van der Waals surface area contributed by atoms with Crippen LogP contribution in [0.15, 0.2) is 11.4 Å². The lowest BCUT2D eigenvalue weighted by Crippen LogP contribution is -2.41. The standard InChI is InChI=1S/C16H21NO3S/c18-15(10-4-1-2-5-11(10)16(19)20)17-13-6-3-7-14-12(13)8-9-21-14/h8-11,13H,1-7H2,(H,17,18)(H,19,20)/t10-,11+,13?/m1/s1. The van der Waals surface area contributed by atoms with Crippen LogP contribution in [0.1, 0.15) is 55.0 Å². The molecule has 3 atom stereocenters. The number of aryl methyl sites for hydroxylation is 1. The highest BCUT2D eigenvalue weighted by Crippen LogP contribution is 2.35. The van der Waals surface area contributed by atoms with Crippen LogP contribution in [-0.4, -0.2) is 17.0 Å². The maximum absolute atomic E-state index is 12.5. The average molecular weight is 307 g/mol. The number of hydrogen-bond acceptors (Lipinski definition) is 3. The van der Waals surface area contributed by atoms with Crippen LogP contribution in [0.3, 0.4) is 0 Å². The molecule has 1 amide bonds. The van der Waals surface area contributed by atoms with Gasteiger partial charge in [0.25, 0.3) is 0 Å². The Labute approximate surface area is 128 Å². The predicted octanol–water partition coefficient (Wildman–Crippen LogP) is 3.13. The van der Waals surface area contributed by atoms with Gasteiger partial charge in [-0.15, -0.1) is 11.3 Å². The first-order chi connectivity index (χ1) is 10.2. The lowest BCUT2D eigenvalue weighted by molar-refractivity contribution is -0.149. The van der Waals surface area contributed by atoms with E-state index in [4.69, 9.17) is 0 Å². The van der Waals surface area contributed by atoms with Crippen LogP contribution in [0.4, 0.5) is 0 Å². The molecule has 1 saturated carbocycles. The van der Waals surface area contributed by atoms with Crippen molar-refractivity contribution in [3.8, 4) is 0 Å². The molecule has 2 N–H and O–H groups in total. The van der Waals surface area contributed by atoms with Crippen molar-refractivity contribution in [1.29, 1.82) is 0 Å². The Balaban J connectivity index is 1.70. The van der Waals surface area contributed by atoms with Gasteiger partial charge in [-0.05, 0) is 49.1 Å². The van der Waals surface area contributed by atoms with Gasteiger partial charge in [0.1, 0.15) is 0 Å². The van der Waals surface area contributed by atoms with E-state index in [0.717, 1.165) is 32.1 Å². The molecule has 0 saturated heterocycles. The maximum atomic E-state index is 12.5. The maximum Gasteiger partial charge on any atom is 0.307 e. The van der Waals surface area contributed by atoms with Crippen LogP contribution in [0.25, 0.3) is 0 Å². The smallest absolute Gasteiger partial charge is 0.307 e. The van der Waals surface area contributed by atoms with Gasteiger partial charge >= 0.3 is 5.97 Å². The summed E-state index contributed by atoms with van der Waals surface area (Å²) in [6.45, 7) is 0. The summed E-state index contributed by atoms with van der Waals surface area (Å²) in [6.07, 6.45) is 6.34. The van der Waals surface area contributed by atoms with Gasteiger partial charge in [-0.3, -0.25) is 9.59 Å². The Morgan fingerprint density at radius 1 is 1.14 bits per heavy atom. The summed E-state index contributed by atoms with van der Waals surface area (Å²) in [7, 11) is 0. The molecular weight excluding hydrogens is 286 g/mol. The molecule has 4 nitrogen and oxygen atoms in total. The molecule has 0 radical (unpaired) electrons. The minimum atomic E-state index is -0.824. The number of thiophene rings is 1. The molecule has 2 aliphatic rings. The van der Waals surface area contributed by atoms with Crippen molar-refractivity contribution < 1.29 is 14.7 Å². The number of aliphatic carboxylic acids is 1. The number of carboxylic acids is 1. The van der Waals surface area contributed by atoms with Crippen LogP contribution in [-0.2, 0) is 16.0 Å². The topological polar surface area (TPSA) is 66.4 Å². The molecule has 21 heavy (non-hydrogen) atoms. The summed E-state index contributed by atoms with van der Waals surface area (Å²) in [6, 6.07) is 2.17. The average Bonchev–Trinajstić information content (AvgIpc) is 2.96. The number of hydrogen-bond donors (Lipinski definition) is 2. The summed E-state index contributed by atoms with van der Waals surface area (Å²) in [5, 5.41) is 14.5. The monoisotopic (exact) mass is 307 g/mol. The number of carboxylic acid groups (broad SMARTS) is 1. The fourth-order valence-corrected chi connectivity index (χ4v) is 4.64. The zero-order valence-corrected chi connectivity index (χ0v) is 12.8. The van der Waals surface area contributed by atoms with Gasteiger partial charge in [0.15, 0.2) is 0 Å². The molecular formula is C16H21NO3S. The Morgan fingerprint density at radius 3 is 2.67 bits per heavy atom. The van der Waals surface area contributed by atoms with E-state index in [1.807, 2.05) is 0 Å². The molecule has 114 valence electrons. The number of nitrogens with one attached hydrogen (secondary N) is 1. The van der Waals surface area contributed by atoms with Crippen LogP contribution in [0.5, 0.6) is 0 Å². The highest BCUT2D eigenvalue weighted by atomic mass is 32.1. The zero-order valence-electron chi connectivity index (χ0n) is 12.0. The van der Waals surface area contributed by atoms with E-state index in [-0.39, 0.29) is 17.9 Å². The van der Waals surface area contributed by atoms with Crippen LogP contribution < -0.4 is 5.32 Å². The van der Waals surface area contributed by atoms with Crippen molar-refractivity contribution in [3.63, 3.8) is 0 Å². The Morgan fingerprint density at radius 2 is 1.90 bits per heavy atom. The SMILES string of the molecule is O=C(O)[C@H]1CCCC[C@H]1C(=O)NC1CCCc2sccc21. The van der Waals surface area contributed by atoms with Crippen molar-refractivity contribution in [3.05, 3.63) is 21.9 Å². The molecule has 1 unspecified atom stereocenters. The van der Waals surface area contributed by atoms with Gasteiger partial charge in [0.05, 0.1) is 17.9 Å². The largest absolute Gasteiger partial charge is 0.481 e. The third-order valence-electron chi connectivity index (χ3n) is 4.79. The van der Waals surface area contributed by atoms with E-state index in [1.165, 1.54) is 10.4 Å². The second-order valence-corrected chi connectivity index (χ2v) is 7.09. The van der Waals surface area contributed by atoms with E-state index in [0.29, 0.717) is 12.8 Å². The molecule has 5 heteroatoms. The molecule has 3 rings (SSSR count). The summed E-state index contributed by atoms with van der Waals surface area (Å²) >= 11 is 1.75. The summed E-state index contributed by atoms with van der Waals surface area (Å²) < 4.78 is 0. The van der Waals surface area contributed by atoms with E-state index >= 15 is 0 Å². The summed E-state index contributed by atoms with van der Waals surface area (Å²) in [5.41, 5.74) is 1.24. The van der Waals surface area contributed by atoms with Crippen LogP contribution in [0.2, 0.25) is 0 Å². The number of carbonyl (C=O) groups is 2. The highest BCUT2D eigenvalue weighted by Gasteiger charge is 2.37. The van der Waals surface area contributed by atoms with Gasteiger partial charge in [-0.1, -0.05) is 12.8 Å². The minimum absolute atomic E-state index is 0.0637. The Kier molecular flexibility index (Phi) is 4.29. The highest BCUT2D eigenvalue weighted by molar-refractivity contribution is 7.10. The molecule has 1 aromatic rings. The molecule has 2 aliphatic carbocycles. The van der Waals surface area contributed by atoms with Gasteiger partial charge in [0.2, 0.25) is 5.91 Å². The van der Waals surface area contributed by atoms with Gasteiger partial charge in [-0.2, -0.15) is 0 Å². The number of amides is 1. The molecule has 1 fully saturated rings. The quantitative estimate of drug-likeness (QED) is 0.901. The zero-order chi connectivity index (χ0) is 14.8. The fraction of sp³-hybridized carbons (Fsp3) is 0.625. The van der Waals surface area contributed by atoms with E-state index < -0.39 is 11.9 Å². The fourth-order valence-electron chi connectivity index (χ4n) is 3.66. The van der Waals surface area contributed by atoms with Crippen LogP contribution in [0, 0.1) is 11.8 Å². The third kappa shape index (κ3) is 2.98. The van der Waals surface area contributed by atoms with Crippen molar-refractivity contribution >= 4 is 23.2 Å². The summed E-state index contributed by atoms with van der Waals surface area (Å²) in [5.74, 6) is -1.76. The first kappa shape index (κ1) is 14.6. The van der Waals surface area contributed by atoms with Gasteiger partial charge in [-0.25, -0.2) is 0 Å². The van der Waals surface area contributed by atoms with E-state index in [1.54, 1.807) is 11.3 Å². The number of fused-ring (bicyclic) bond motifs is 1. The van der Waals surface area contributed by atoms with Gasteiger partial charge in [0, 0.05) is 4.88 Å². The number of carbonyl (C=O) groups excluding carboxylic acids is 1. The Hall–Kier alpha value is -1.36. The van der Waals surface area contributed by atoms with Crippen LogP contribution >= 0.6 is 11.3 Å². The van der Waals surface area contributed by atoms with Crippen molar-refractivity contribution in [2.75, 3.05) is 0 Å². The third-order valence-corrected chi connectivity index (χ3v) is 5.78. The summed E-state index contributed by atoms with van der Waals surface area (Å²) in [4.78, 5) is 25.2. The lowest BCUT2D eigenvalue weighted by atomic mass is 9.78. The van der Waals surface area contributed by atoms with Gasteiger partial charge < -0.3 is 10.4 Å². The first-order valence-corrected chi connectivity index (χ1v) is 8.64. The number of rotatable bonds is 3. The lowest BCUT2D eigenvalue weighted by Gasteiger charge is -2.30. The minimum Gasteiger partial charge on any atom is -0.481 e. The Bertz CT molecular complexity index is 539. The predicted molar refractivity (Wildman–Crippen MR) is 81.2 cm³/mol. The van der Waals surface area contributed by atoms with Crippen molar-refractivity contribution in [1.82, 2.24) is 5.32 Å². The molecule has 0 bridgehead atoms. The normalized spacial score (nSPS) is 28.7. The molecule has 0 aliphatic heterocycles. The molecule has 0 spiro atoms. The second kappa shape index (κ2) is 6.18. The molecule has 1 aromatic heterocycles. The second-order valence-electron chi connectivity index (χ2n) is 6.09. The molecule has 1 heterocycles. The van der Waals surface area contributed by atoms with Crippen molar-refractivity contribution in [2.24, 2.45) is 11.8 Å². The first-order valence-electron chi connectivity index (χ1n) is 7.76. The molecule has 0 aromatic carbocycles. The van der Waals surface area contributed by atoms with Crippen molar-refractivity contribution in [2.45, 2.75) is 51.0 Å². The van der Waals surface area contributed by atoms with E-state index in [2.05, 4.69) is 16.8 Å². The van der Waals surface area contributed by atoms with E-state index in [9.17, 15) is 14.7 Å².